The maximum atomic E-state index is 12.2. The zero-order valence-electron chi connectivity index (χ0n) is 11.5. The summed E-state index contributed by atoms with van der Waals surface area (Å²) in [6, 6.07) is 0. The number of rotatable bonds is 3. The number of likely N-dealkylation sites (N-methyl/N-ethyl adjacent to an activating group) is 1. The van der Waals surface area contributed by atoms with E-state index < -0.39 is 5.54 Å². The van der Waals surface area contributed by atoms with Gasteiger partial charge in [0.1, 0.15) is 5.54 Å². The Labute approximate surface area is 113 Å². The first-order chi connectivity index (χ1) is 9.14. The predicted molar refractivity (Wildman–Crippen MR) is 70.1 cm³/mol. The summed E-state index contributed by atoms with van der Waals surface area (Å²) in [7, 11) is 3.12. The third kappa shape index (κ3) is 2.74. The first kappa shape index (κ1) is 13.9. The number of carbonyl (C=O) groups is 2. The lowest BCUT2D eigenvalue weighted by molar-refractivity contribution is -0.144. The Hall–Kier alpha value is -1.54. The van der Waals surface area contributed by atoms with E-state index in [0.717, 1.165) is 19.3 Å². The molecule has 0 aromatic rings. The van der Waals surface area contributed by atoms with Gasteiger partial charge in [0.15, 0.2) is 0 Å². The monoisotopic (exact) mass is 264 g/mol. The van der Waals surface area contributed by atoms with Gasteiger partial charge in [-0.1, -0.05) is 5.92 Å². The quantitative estimate of drug-likeness (QED) is 0.738. The number of carbonyl (C=O) groups excluding carboxylic acids is 2. The van der Waals surface area contributed by atoms with Crippen LogP contribution in [-0.4, -0.2) is 49.6 Å². The third-order valence-corrected chi connectivity index (χ3v) is 3.73. The number of nitrogens with one attached hydrogen (secondary N) is 1. The molecule has 2 rings (SSSR count). The average Bonchev–Trinajstić information content (AvgIpc) is 3.15. The van der Waals surface area contributed by atoms with E-state index in [1.54, 1.807) is 19.1 Å². The second kappa shape index (κ2) is 5.62. The lowest BCUT2D eigenvalue weighted by atomic mass is 9.95. The van der Waals surface area contributed by atoms with Crippen molar-refractivity contribution in [2.45, 2.75) is 31.2 Å². The van der Waals surface area contributed by atoms with Crippen LogP contribution in [0.3, 0.4) is 0 Å². The van der Waals surface area contributed by atoms with Gasteiger partial charge in [-0.15, -0.1) is 0 Å². The molecule has 5 nitrogen and oxygen atoms in total. The highest BCUT2D eigenvalue weighted by molar-refractivity contribution is 5.99. The van der Waals surface area contributed by atoms with E-state index in [2.05, 4.69) is 17.2 Å². The summed E-state index contributed by atoms with van der Waals surface area (Å²) in [4.78, 5) is 25.9. The van der Waals surface area contributed by atoms with Crippen molar-refractivity contribution in [2.75, 3.05) is 27.3 Å². The predicted octanol–water partition coefficient (Wildman–Crippen LogP) is 0.153. The zero-order valence-corrected chi connectivity index (χ0v) is 11.5. The van der Waals surface area contributed by atoms with E-state index in [-0.39, 0.29) is 18.4 Å². The highest BCUT2D eigenvalue weighted by Gasteiger charge is 2.49. The fraction of sp³-hybridized carbons (Fsp3) is 0.714. The SMILES string of the molecule is CNC(=O)C1(COC)CCCN1C(=O)C#CC1CC1. The first-order valence-electron chi connectivity index (χ1n) is 6.68. The lowest BCUT2D eigenvalue weighted by Crippen LogP contribution is -2.59. The second-order valence-corrected chi connectivity index (χ2v) is 5.15. The average molecular weight is 264 g/mol. The van der Waals surface area contributed by atoms with Crippen molar-refractivity contribution in [3.63, 3.8) is 0 Å². The van der Waals surface area contributed by atoms with E-state index in [4.69, 9.17) is 4.74 Å². The van der Waals surface area contributed by atoms with Crippen molar-refractivity contribution in [3.8, 4) is 11.8 Å². The minimum atomic E-state index is -0.890. The Bertz CT molecular complexity index is 434. The largest absolute Gasteiger partial charge is 0.382 e. The van der Waals surface area contributed by atoms with Gasteiger partial charge in [-0.2, -0.15) is 0 Å². The summed E-state index contributed by atoms with van der Waals surface area (Å²) in [5.41, 5.74) is -0.890. The molecule has 19 heavy (non-hydrogen) atoms. The molecule has 104 valence electrons. The van der Waals surface area contributed by atoms with Crippen LogP contribution in [-0.2, 0) is 14.3 Å². The van der Waals surface area contributed by atoms with Crippen molar-refractivity contribution in [2.24, 2.45) is 5.92 Å². The van der Waals surface area contributed by atoms with Gasteiger partial charge in [0.2, 0.25) is 5.91 Å². The van der Waals surface area contributed by atoms with Gasteiger partial charge in [-0.25, -0.2) is 0 Å². The topological polar surface area (TPSA) is 58.6 Å². The Morgan fingerprint density at radius 2 is 2.21 bits per heavy atom. The molecular weight excluding hydrogens is 244 g/mol. The fourth-order valence-electron chi connectivity index (χ4n) is 2.56. The van der Waals surface area contributed by atoms with Crippen molar-refractivity contribution in [3.05, 3.63) is 0 Å². The van der Waals surface area contributed by atoms with Crippen LogP contribution in [0.5, 0.6) is 0 Å². The van der Waals surface area contributed by atoms with Crippen LogP contribution < -0.4 is 5.32 Å². The van der Waals surface area contributed by atoms with Gasteiger partial charge in [0.05, 0.1) is 6.61 Å². The zero-order chi connectivity index (χ0) is 13.9. The summed E-state index contributed by atoms with van der Waals surface area (Å²) in [6.45, 7) is 0.776. The van der Waals surface area contributed by atoms with Crippen LogP contribution in [0.2, 0.25) is 0 Å². The molecule has 1 N–H and O–H groups in total. The van der Waals surface area contributed by atoms with Crippen LogP contribution >= 0.6 is 0 Å². The molecule has 1 saturated heterocycles. The molecule has 2 amide bonds. The summed E-state index contributed by atoms with van der Waals surface area (Å²) < 4.78 is 5.17. The van der Waals surface area contributed by atoms with Crippen LogP contribution in [0.25, 0.3) is 0 Å². The Kier molecular flexibility index (Phi) is 4.11. The fourth-order valence-corrected chi connectivity index (χ4v) is 2.56. The van der Waals surface area contributed by atoms with Crippen molar-refractivity contribution >= 4 is 11.8 Å². The molecular formula is C14H20N2O3. The summed E-state index contributed by atoms with van der Waals surface area (Å²) in [6.07, 6.45) is 3.59. The second-order valence-electron chi connectivity index (χ2n) is 5.15. The Morgan fingerprint density at radius 1 is 1.47 bits per heavy atom. The van der Waals surface area contributed by atoms with E-state index in [1.165, 1.54) is 0 Å². The maximum Gasteiger partial charge on any atom is 0.299 e. The van der Waals surface area contributed by atoms with Crippen LogP contribution in [0.15, 0.2) is 0 Å². The number of hydrogen-bond acceptors (Lipinski definition) is 3. The Morgan fingerprint density at radius 3 is 2.79 bits per heavy atom. The molecule has 2 aliphatic rings. The maximum absolute atomic E-state index is 12.2. The van der Waals surface area contributed by atoms with Gasteiger partial charge in [0.25, 0.3) is 5.91 Å². The molecule has 0 aromatic heterocycles. The lowest BCUT2D eigenvalue weighted by Gasteiger charge is -2.34. The minimum Gasteiger partial charge on any atom is -0.382 e. The summed E-state index contributed by atoms with van der Waals surface area (Å²) in [5, 5.41) is 2.63. The van der Waals surface area contributed by atoms with Crippen molar-refractivity contribution in [1.29, 1.82) is 0 Å². The van der Waals surface area contributed by atoms with E-state index >= 15 is 0 Å². The number of nitrogens with zero attached hydrogens (tertiary/aromatic N) is 1. The standard InChI is InChI=1S/C14H20N2O3/c1-15-13(18)14(10-19-2)8-3-9-16(14)12(17)7-6-11-4-5-11/h11H,3-5,8-10H2,1-2H3,(H,15,18). The molecule has 0 aromatic carbocycles. The third-order valence-electron chi connectivity index (χ3n) is 3.73. The van der Waals surface area contributed by atoms with Crippen molar-refractivity contribution in [1.82, 2.24) is 10.2 Å². The number of ether oxygens (including phenoxy) is 1. The van der Waals surface area contributed by atoms with E-state index in [0.29, 0.717) is 18.9 Å². The molecule has 0 bridgehead atoms. The normalized spacial score (nSPS) is 25.7. The number of amides is 2. The molecule has 0 radical (unpaired) electrons. The highest BCUT2D eigenvalue weighted by atomic mass is 16.5. The van der Waals surface area contributed by atoms with Gasteiger partial charge in [-0.05, 0) is 31.6 Å². The van der Waals surface area contributed by atoms with Gasteiger partial charge in [-0.3, -0.25) is 9.59 Å². The molecule has 1 unspecified atom stereocenters. The minimum absolute atomic E-state index is 0.173. The molecule has 1 atom stereocenters. The number of hydrogen-bond donors (Lipinski definition) is 1. The number of methoxy groups -OCH3 is 1. The van der Waals surface area contributed by atoms with E-state index in [1.807, 2.05) is 0 Å². The molecule has 1 heterocycles. The molecule has 1 aliphatic heterocycles. The van der Waals surface area contributed by atoms with Crippen LogP contribution in [0, 0.1) is 17.8 Å². The van der Waals surface area contributed by atoms with Gasteiger partial charge >= 0.3 is 0 Å². The van der Waals surface area contributed by atoms with Crippen LogP contribution in [0.4, 0.5) is 0 Å². The van der Waals surface area contributed by atoms with E-state index in [9.17, 15) is 9.59 Å². The van der Waals surface area contributed by atoms with Gasteiger partial charge < -0.3 is 15.0 Å². The van der Waals surface area contributed by atoms with Gasteiger partial charge in [0, 0.05) is 26.6 Å². The van der Waals surface area contributed by atoms with Crippen LogP contribution in [0.1, 0.15) is 25.7 Å². The molecule has 1 aliphatic carbocycles. The highest BCUT2D eigenvalue weighted by Crippen LogP contribution is 2.31. The molecule has 5 heteroatoms. The summed E-state index contributed by atoms with van der Waals surface area (Å²) >= 11 is 0. The Balaban J connectivity index is 2.18. The number of likely N-dealkylation sites (tertiary alicyclic amines) is 1. The van der Waals surface area contributed by atoms with Crippen molar-refractivity contribution < 1.29 is 14.3 Å². The molecule has 0 spiro atoms. The molecule has 1 saturated carbocycles. The molecule has 2 fully saturated rings. The first-order valence-corrected chi connectivity index (χ1v) is 6.68. The smallest absolute Gasteiger partial charge is 0.299 e. The summed E-state index contributed by atoms with van der Waals surface area (Å²) in [5.74, 6) is 5.58.